The second kappa shape index (κ2) is 8.32. The second-order valence-corrected chi connectivity index (χ2v) is 6.36. The molecule has 0 bridgehead atoms. The molecule has 0 aliphatic carbocycles. The molecule has 1 unspecified atom stereocenters. The van der Waals surface area contributed by atoms with Crippen LogP contribution in [0.15, 0.2) is 53.4 Å². The summed E-state index contributed by atoms with van der Waals surface area (Å²) >= 11 is 7.70. The summed E-state index contributed by atoms with van der Waals surface area (Å²) in [4.78, 5) is 1.25. The minimum Gasteiger partial charge on any atom is -0.497 e. The van der Waals surface area contributed by atoms with E-state index in [0.29, 0.717) is 6.04 Å². The van der Waals surface area contributed by atoms with Crippen LogP contribution in [-0.2, 0) is 0 Å². The molecule has 112 valence electrons. The average Bonchev–Trinajstić information content (AvgIpc) is 2.53. The number of rotatable bonds is 7. The van der Waals surface area contributed by atoms with Gasteiger partial charge in [0.15, 0.2) is 0 Å². The van der Waals surface area contributed by atoms with E-state index in [4.69, 9.17) is 16.3 Å². The van der Waals surface area contributed by atoms with Gasteiger partial charge in [0, 0.05) is 28.3 Å². The molecule has 2 rings (SSSR count). The van der Waals surface area contributed by atoms with E-state index in [-0.39, 0.29) is 0 Å². The molecule has 2 aromatic rings. The minimum absolute atomic E-state index is 0.311. The molecule has 0 heterocycles. The van der Waals surface area contributed by atoms with Crippen LogP contribution < -0.4 is 10.1 Å². The fourth-order valence-corrected chi connectivity index (χ4v) is 2.91. The number of halogens is 1. The molecule has 1 atom stereocenters. The molecule has 2 nitrogen and oxygen atoms in total. The molecule has 0 aliphatic rings. The van der Waals surface area contributed by atoms with E-state index in [1.54, 1.807) is 7.11 Å². The number of nitrogens with one attached hydrogen (secondary N) is 1. The Morgan fingerprint density at radius 2 is 1.95 bits per heavy atom. The number of thioether (sulfide) groups is 1. The van der Waals surface area contributed by atoms with Crippen molar-refractivity contribution in [2.75, 3.05) is 19.4 Å². The fourth-order valence-electron chi connectivity index (χ4n) is 2.00. The molecular formula is C17H20ClNOS. The lowest BCUT2D eigenvalue weighted by molar-refractivity contribution is 0.413. The van der Waals surface area contributed by atoms with Gasteiger partial charge < -0.3 is 10.1 Å². The molecular weight excluding hydrogens is 302 g/mol. The van der Waals surface area contributed by atoms with Crippen LogP contribution in [0.2, 0.25) is 5.02 Å². The summed E-state index contributed by atoms with van der Waals surface area (Å²) in [6.45, 7) is 3.12. The first kappa shape index (κ1) is 16.2. The first-order chi connectivity index (χ1) is 10.2. The SMILES string of the molecule is COc1cccc(C(C)NCCSc2ccc(Cl)cc2)c1. The largest absolute Gasteiger partial charge is 0.497 e. The van der Waals surface area contributed by atoms with Gasteiger partial charge in [0.05, 0.1) is 7.11 Å². The van der Waals surface area contributed by atoms with Crippen molar-refractivity contribution in [2.45, 2.75) is 17.9 Å². The van der Waals surface area contributed by atoms with E-state index in [1.165, 1.54) is 10.5 Å². The predicted octanol–water partition coefficient (Wildman–Crippen LogP) is 4.79. The number of methoxy groups -OCH3 is 1. The first-order valence-electron chi connectivity index (χ1n) is 6.95. The third-order valence-corrected chi connectivity index (χ3v) is 4.49. The van der Waals surface area contributed by atoms with Crippen LogP contribution in [0.4, 0.5) is 0 Å². The molecule has 0 spiro atoms. The summed E-state index contributed by atoms with van der Waals surface area (Å²) in [5, 5.41) is 4.31. The zero-order valence-corrected chi connectivity index (χ0v) is 13.9. The van der Waals surface area contributed by atoms with Gasteiger partial charge in [-0.25, -0.2) is 0 Å². The van der Waals surface area contributed by atoms with Gasteiger partial charge in [0.2, 0.25) is 0 Å². The van der Waals surface area contributed by atoms with Crippen molar-refractivity contribution < 1.29 is 4.74 Å². The van der Waals surface area contributed by atoms with Crippen molar-refractivity contribution in [3.05, 3.63) is 59.1 Å². The van der Waals surface area contributed by atoms with Crippen LogP contribution >= 0.6 is 23.4 Å². The number of hydrogen-bond donors (Lipinski definition) is 1. The third kappa shape index (κ3) is 5.27. The maximum Gasteiger partial charge on any atom is 0.119 e. The van der Waals surface area contributed by atoms with Crippen molar-refractivity contribution in [3.63, 3.8) is 0 Å². The summed E-state index contributed by atoms with van der Waals surface area (Å²) < 4.78 is 5.26. The van der Waals surface area contributed by atoms with Crippen LogP contribution in [0, 0.1) is 0 Å². The molecule has 0 fully saturated rings. The molecule has 0 saturated heterocycles. The lowest BCUT2D eigenvalue weighted by atomic mass is 10.1. The number of benzene rings is 2. The Balaban J connectivity index is 1.76. The molecule has 21 heavy (non-hydrogen) atoms. The summed E-state index contributed by atoms with van der Waals surface area (Å²) in [6, 6.07) is 16.5. The van der Waals surface area contributed by atoms with Crippen LogP contribution in [0.5, 0.6) is 5.75 Å². The van der Waals surface area contributed by atoms with Gasteiger partial charge in [-0.1, -0.05) is 23.7 Å². The molecule has 0 radical (unpaired) electrons. The topological polar surface area (TPSA) is 21.3 Å². The second-order valence-electron chi connectivity index (χ2n) is 4.75. The highest BCUT2D eigenvalue weighted by Crippen LogP contribution is 2.21. The molecule has 4 heteroatoms. The van der Waals surface area contributed by atoms with Crippen LogP contribution in [0.25, 0.3) is 0 Å². The molecule has 0 aliphatic heterocycles. The molecule has 0 aromatic heterocycles. The Morgan fingerprint density at radius 1 is 1.19 bits per heavy atom. The monoisotopic (exact) mass is 321 g/mol. The highest BCUT2D eigenvalue weighted by molar-refractivity contribution is 7.99. The maximum absolute atomic E-state index is 5.88. The summed E-state index contributed by atoms with van der Waals surface area (Å²) in [5.74, 6) is 1.92. The summed E-state index contributed by atoms with van der Waals surface area (Å²) in [6.07, 6.45) is 0. The fraction of sp³-hybridized carbons (Fsp3) is 0.294. The van der Waals surface area contributed by atoms with E-state index in [2.05, 4.69) is 36.5 Å². The zero-order valence-electron chi connectivity index (χ0n) is 12.3. The van der Waals surface area contributed by atoms with E-state index in [0.717, 1.165) is 23.1 Å². The Morgan fingerprint density at radius 3 is 2.67 bits per heavy atom. The molecule has 1 N–H and O–H groups in total. The van der Waals surface area contributed by atoms with Crippen LogP contribution in [-0.4, -0.2) is 19.4 Å². The summed E-state index contributed by atoms with van der Waals surface area (Å²) in [5.41, 5.74) is 1.24. The quantitative estimate of drug-likeness (QED) is 0.585. The summed E-state index contributed by atoms with van der Waals surface area (Å²) in [7, 11) is 1.69. The number of ether oxygens (including phenoxy) is 1. The number of hydrogen-bond acceptors (Lipinski definition) is 3. The van der Waals surface area contributed by atoms with Gasteiger partial charge in [-0.3, -0.25) is 0 Å². The van der Waals surface area contributed by atoms with E-state index in [9.17, 15) is 0 Å². The average molecular weight is 322 g/mol. The van der Waals surface area contributed by atoms with Gasteiger partial charge in [-0.15, -0.1) is 11.8 Å². The third-order valence-electron chi connectivity index (χ3n) is 3.23. The van der Waals surface area contributed by atoms with Crippen molar-refractivity contribution >= 4 is 23.4 Å². The van der Waals surface area contributed by atoms with Gasteiger partial charge in [0.1, 0.15) is 5.75 Å². The van der Waals surface area contributed by atoms with Gasteiger partial charge in [0.25, 0.3) is 0 Å². The maximum atomic E-state index is 5.88. The molecule has 0 amide bonds. The Hall–Kier alpha value is -1.16. The highest BCUT2D eigenvalue weighted by atomic mass is 35.5. The molecule has 0 saturated carbocycles. The lowest BCUT2D eigenvalue weighted by Crippen LogP contribution is -2.21. The van der Waals surface area contributed by atoms with Crippen LogP contribution in [0.3, 0.4) is 0 Å². The highest BCUT2D eigenvalue weighted by Gasteiger charge is 2.05. The molecule has 2 aromatic carbocycles. The Bertz CT molecular complexity index is 559. The predicted molar refractivity (Wildman–Crippen MR) is 91.6 cm³/mol. The lowest BCUT2D eigenvalue weighted by Gasteiger charge is -2.15. The van der Waals surface area contributed by atoms with Gasteiger partial charge >= 0.3 is 0 Å². The zero-order chi connectivity index (χ0) is 15.1. The van der Waals surface area contributed by atoms with Crippen molar-refractivity contribution in [1.29, 1.82) is 0 Å². The normalized spacial score (nSPS) is 12.1. The van der Waals surface area contributed by atoms with Crippen molar-refractivity contribution in [2.24, 2.45) is 0 Å². The minimum atomic E-state index is 0.311. The van der Waals surface area contributed by atoms with E-state index in [1.807, 2.05) is 36.0 Å². The van der Waals surface area contributed by atoms with Gasteiger partial charge in [-0.05, 0) is 48.9 Å². The van der Waals surface area contributed by atoms with Crippen molar-refractivity contribution in [3.8, 4) is 5.75 Å². The van der Waals surface area contributed by atoms with Crippen LogP contribution in [0.1, 0.15) is 18.5 Å². The van der Waals surface area contributed by atoms with Crippen molar-refractivity contribution in [1.82, 2.24) is 5.32 Å². The Labute approximate surface area is 135 Å². The smallest absolute Gasteiger partial charge is 0.119 e. The Kier molecular flexibility index (Phi) is 6.43. The van der Waals surface area contributed by atoms with E-state index >= 15 is 0 Å². The first-order valence-corrected chi connectivity index (χ1v) is 8.31. The standard InChI is InChI=1S/C17H20ClNOS/c1-13(14-4-3-5-16(12-14)20-2)19-10-11-21-17-8-6-15(18)7-9-17/h3-9,12-13,19H,10-11H2,1-2H3. The van der Waals surface area contributed by atoms with Gasteiger partial charge in [-0.2, -0.15) is 0 Å². The van der Waals surface area contributed by atoms with E-state index < -0.39 is 0 Å².